The summed E-state index contributed by atoms with van der Waals surface area (Å²) >= 11 is 0. The molecule has 0 radical (unpaired) electrons. The highest BCUT2D eigenvalue weighted by atomic mass is 19.3. The van der Waals surface area contributed by atoms with Gasteiger partial charge in [0.2, 0.25) is 0 Å². The molecule has 0 aliphatic carbocycles. The molecule has 1 amide bonds. The molecule has 0 fully saturated rings. The molecule has 0 spiro atoms. The second-order valence-electron chi connectivity index (χ2n) is 5.71. The van der Waals surface area contributed by atoms with E-state index in [0.29, 0.717) is 11.5 Å². The van der Waals surface area contributed by atoms with E-state index in [1.165, 1.54) is 55.6 Å². The Labute approximate surface area is 163 Å². The molecule has 152 valence electrons. The number of furan rings is 1. The van der Waals surface area contributed by atoms with Crippen LogP contribution >= 0.6 is 0 Å². The van der Waals surface area contributed by atoms with Crippen LogP contribution in [0, 0.1) is 5.82 Å². The Bertz CT molecular complexity index is 973. The van der Waals surface area contributed by atoms with E-state index in [4.69, 9.17) is 13.9 Å². The highest BCUT2D eigenvalue weighted by Crippen LogP contribution is 2.31. The van der Waals surface area contributed by atoms with Crippen LogP contribution in [-0.2, 0) is 6.61 Å². The molecule has 1 heterocycles. The maximum absolute atomic E-state index is 12.9. The Morgan fingerprint density at radius 2 is 1.83 bits per heavy atom. The number of halogens is 3. The zero-order chi connectivity index (χ0) is 20.8. The number of carbonyl (C=O) groups is 1. The van der Waals surface area contributed by atoms with Crippen molar-refractivity contribution in [3.63, 3.8) is 0 Å². The van der Waals surface area contributed by atoms with Crippen molar-refractivity contribution in [1.82, 2.24) is 0 Å². The number of hydrogen-bond donors (Lipinski definition) is 1. The number of ether oxygens (including phenoxy) is 3. The molecule has 9 heteroatoms. The lowest BCUT2D eigenvalue weighted by molar-refractivity contribution is -0.0511. The second kappa shape index (κ2) is 9.05. The molecule has 6 nitrogen and oxygen atoms in total. The number of amides is 1. The van der Waals surface area contributed by atoms with Crippen molar-refractivity contribution >= 4 is 11.6 Å². The van der Waals surface area contributed by atoms with Crippen molar-refractivity contribution in [1.29, 1.82) is 0 Å². The van der Waals surface area contributed by atoms with Crippen LogP contribution in [0.5, 0.6) is 17.2 Å². The number of benzene rings is 2. The van der Waals surface area contributed by atoms with Gasteiger partial charge in [-0.05, 0) is 48.5 Å². The number of hydrogen-bond acceptors (Lipinski definition) is 5. The van der Waals surface area contributed by atoms with Gasteiger partial charge in [-0.25, -0.2) is 4.39 Å². The van der Waals surface area contributed by atoms with Crippen LogP contribution in [0.2, 0.25) is 0 Å². The van der Waals surface area contributed by atoms with Gasteiger partial charge in [-0.3, -0.25) is 4.79 Å². The Morgan fingerprint density at radius 1 is 1.07 bits per heavy atom. The molecule has 0 saturated carbocycles. The zero-order valence-electron chi connectivity index (χ0n) is 15.2. The molecule has 0 bridgehead atoms. The first kappa shape index (κ1) is 20.1. The Balaban J connectivity index is 1.63. The minimum Gasteiger partial charge on any atom is -0.493 e. The van der Waals surface area contributed by atoms with Crippen LogP contribution < -0.4 is 19.5 Å². The third-order valence-corrected chi connectivity index (χ3v) is 3.72. The lowest BCUT2D eigenvalue weighted by Gasteiger charge is -2.11. The lowest BCUT2D eigenvalue weighted by atomic mass is 10.2. The number of nitrogens with one attached hydrogen (secondary N) is 1. The highest BCUT2D eigenvalue weighted by Gasteiger charge is 2.15. The Hall–Kier alpha value is -3.62. The van der Waals surface area contributed by atoms with Gasteiger partial charge in [-0.1, -0.05) is 0 Å². The fourth-order valence-corrected chi connectivity index (χ4v) is 2.40. The normalized spacial score (nSPS) is 10.7. The first-order chi connectivity index (χ1) is 13.9. The number of alkyl halides is 2. The molecule has 1 N–H and O–H groups in total. The van der Waals surface area contributed by atoms with Crippen LogP contribution in [0.15, 0.2) is 59.0 Å². The summed E-state index contributed by atoms with van der Waals surface area (Å²) in [6, 6.07) is 12.5. The summed E-state index contributed by atoms with van der Waals surface area (Å²) < 4.78 is 58.1. The number of methoxy groups -OCH3 is 1. The molecule has 0 atom stereocenters. The summed E-state index contributed by atoms with van der Waals surface area (Å²) in [5.74, 6) is -0.278. The van der Waals surface area contributed by atoms with Crippen LogP contribution in [0.3, 0.4) is 0 Å². The van der Waals surface area contributed by atoms with Crippen molar-refractivity contribution in [3.8, 4) is 17.2 Å². The van der Waals surface area contributed by atoms with E-state index in [2.05, 4.69) is 10.1 Å². The van der Waals surface area contributed by atoms with E-state index in [1.807, 2.05) is 0 Å². The minimum atomic E-state index is -3.04. The third-order valence-electron chi connectivity index (χ3n) is 3.72. The fourth-order valence-electron chi connectivity index (χ4n) is 2.40. The molecule has 3 rings (SSSR count). The van der Waals surface area contributed by atoms with Gasteiger partial charge in [0, 0.05) is 11.8 Å². The van der Waals surface area contributed by atoms with Crippen molar-refractivity contribution in [2.45, 2.75) is 13.2 Å². The smallest absolute Gasteiger partial charge is 0.387 e. The fraction of sp³-hybridized carbons (Fsp3) is 0.150. The summed E-state index contributed by atoms with van der Waals surface area (Å²) in [6.07, 6.45) is 0. The van der Waals surface area contributed by atoms with Crippen molar-refractivity contribution in [2.24, 2.45) is 0 Å². The molecule has 3 aromatic rings. The van der Waals surface area contributed by atoms with Gasteiger partial charge in [0.1, 0.15) is 23.9 Å². The topological polar surface area (TPSA) is 69.9 Å². The van der Waals surface area contributed by atoms with Gasteiger partial charge in [0.15, 0.2) is 17.3 Å². The first-order valence-corrected chi connectivity index (χ1v) is 8.36. The van der Waals surface area contributed by atoms with Gasteiger partial charge in [-0.2, -0.15) is 8.78 Å². The maximum Gasteiger partial charge on any atom is 0.387 e. The zero-order valence-corrected chi connectivity index (χ0v) is 15.2. The largest absolute Gasteiger partial charge is 0.493 e. The average Bonchev–Trinajstić information content (AvgIpc) is 3.17. The van der Waals surface area contributed by atoms with Crippen LogP contribution in [0.4, 0.5) is 18.9 Å². The van der Waals surface area contributed by atoms with E-state index in [1.54, 1.807) is 6.07 Å². The average molecular weight is 407 g/mol. The quantitative estimate of drug-likeness (QED) is 0.578. The molecule has 0 unspecified atom stereocenters. The predicted molar refractivity (Wildman–Crippen MR) is 97.0 cm³/mol. The molecule has 0 saturated heterocycles. The molecular formula is C20H16F3NO5. The predicted octanol–water partition coefficient (Wildman–Crippen LogP) is 4.86. The van der Waals surface area contributed by atoms with Crippen molar-refractivity contribution in [3.05, 3.63) is 71.9 Å². The van der Waals surface area contributed by atoms with Crippen LogP contribution in [0.1, 0.15) is 16.3 Å². The first-order valence-electron chi connectivity index (χ1n) is 8.36. The van der Waals surface area contributed by atoms with Crippen molar-refractivity contribution in [2.75, 3.05) is 12.4 Å². The summed E-state index contributed by atoms with van der Waals surface area (Å²) in [7, 11) is 1.31. The van der Waals surface area contributed by atoms with E-state index in [0.717, 1.165) is 0 Å². The number of carbonyl (C=O) groups excluding carboxylic acids is 1. The number of rotatable bonds is 8. The monoisotopic (exact) mass is 407 g/mol. The molecular weight excluding hydrogens is 391 g/mol. The van der Waals surface area contributed by atoms with Gasteiger partial charge >= 0.3 is 6.61 Å². The standard InChI is InChI=1S/C20H16F3NO5/c1-26-16-8-4-13(10-18(16)29-20(22)23)24-19(25)17-9-7-15(28-17)11-27-14-5-2-12(21)3-6-14/h2-10,20H,11H2,1H3,(H,24,25). The Kier molecular flexibility index (Phi) is 6.28. The van der Waals surface area contributed by atoms with Gasteiger partial charge in [0.25, 0.3) is 5.91 Å². The van der Waals surface area contributed by atoms with Gasteiger partial charge in [-0.15, -0.1) is 0 Å². The minimum absolute atomic E-state index is 0.00477. The van der Waals surface area contributed by atoms with E-state index in [-0.39, 0.29) is 35.4 Å². The van der Waals surface area contributed by atoms with E-state index < -0.39 is 12.5 Å². The Morgan fingerprint density at radius 3 is 2.52 bits per heavy atom. The molecule has 1 aromatic heterocycles. The van der Waals surface area contributed by atoms with E-state index in [9.17, 15) is 18.0 Å². The summed E-state index contributed by atoms with van der Waals surface area (Å²) in [5.41, 5.74) is 0.215. The van der Waals surface area contributed by atoms with Crippen LogP contribution in [-0.4, -0.2) is 19.6 Å². The maximum atomic E-state index is 12.9. The summed E-state index contributed by atoms with van der Waals surface area (Å²) in [4.78, 5) is 12.3. The number of anilines is 1. The highest BCUT2D eigenvalue weighted by molar-refractivity contribution is 6.02. The van der Waals surface area contributed by atoms with Gasteiger partial charge in [0.05, 0.1) is 7.11 Å². The SMILES string of the molecule is COc1ccc(NC(=O)c2ccc(COc3ccc(F)cc3)o2)cc1OC(F)F. The molecule has 0 aliphatic heterocycles. The van der Waals surface area contributed by atoms with Gasteiger partial charge < -0.3 is 23.9 Å². The second-order valence-corrected chi connectivity index (χ2v) is 5.71. The van der Waals surface area contributed by atoms with Crippen molar-refractivity contribution < 1.29 is 36.6 Å². The summed E-state index contributed by atoms with van der Waals surface area (Å²) in [6.45, 7) is -3.00. The molecule has 2 aromatic carbocycles. The third kappa shape index (κ3) is 5.44. The lowest BCUT2D eigenvalue weighted by Crippen LogP contribution is -2.11. The summed E-state index contributed by atoms with van der Waals surface area (Å²) in [5, 5.41) is 2.52. The molecule has 0 aliphatic rings. The van der Waals surface area contributed by atoms with Crippen LogP contribution in [0.25, 0.3) is 0 Å². The molecule has 29 heavy (non-hydrogen) atoms. The van der Waals surface area contributed by atoms with E-state index >= 15 is 0 Å².